The van der Waals surface area contributed by atoms with Crippen LogP contribution in [0, 0.1) is 20.2 Å². The normalized spacial score (nSPS) is 12.7. The Kier molecular flexibility index (Phi) is 5.87. The summed E-state index contributed by atoms with van der Waals surface area (Å²) in [6.07, 6.45) is 3.36. The average molecular weight is 419 g/mol. The van der Waals surface area contributed by atoms with Crippen LogP contribution in [-0.4, -0.2) is 28.3 Å². The van der Waals surface area contributed by atoms with Crippen LogP contribution in [0.25, 0.3) is 0 Å². The van der Waals surface area contributed by atoms with Crippen LogP contribution < -0.4 is 5.32 Å². The van der Waals surface area contributed by atoms with E-state index in [0.717, 1.165) is 47.9 Å². The van der Waals surface area contributed by atoms with Crippen molar-refractivity contribution in [3.63, 3.8) is 0 Å². The van der Waals surface area contributed by atoms with Crippen molar-refractivity contribution in [2.24, 2.45) is 0 Å². The Morgan fingerprint density at radius 3 is 2.31 bits per heavy atom. The van der Waals surface area contributed by atoms with Gasteiger partial charge < -0.3 is 10.1 Å². The molecule has 0 unspecified atom stereocenters. The summed E-state index contributed by atoms with van der Waals surface area (Å²) in [7, 11) is 0. The molecular weight excluding hydrogens is 402 g/mol. The standard InChI is InChI=1S/C18H17N3O7S/c1-2-28-18(23)15-13-5-3-4-6-14(13)29-17(15)19-16(22)10-7-11(20(24)25)9-12(8-10)21(26)27/h7-9H,2-6H2,1H3,(H,19,22). The number of nitrogens with zero attached hydrogens (tertiary/aromatic N) is 2. The highest BCUT2D eigenvalue weighted by molar-refractivity contribution is 7.17. The summed E-state index contributed by atoms with van der Waals surface area (Å²) in [4.78, 5) is 46.6. The summed E-state index contributed by atoms with van der Waals surface area (Å²) in [5.41, 5.74) is -0.243. The molecule has 0 bridgehead atoms. The van der Waals surface area contributed by atoms with E-state index >= 15 is 0 Å². The lowest BCUT2D eigenvalue weighted by molar-refractivity contribution is -0.394. The van der Waals surface area contributed by atoms with E-state index in [-0.39, 0.29) is 17.2 Å². The lowest BCUT2D eigenvalue weighted by Gasteiger charge is -2.12. The minimum absolute atomic E-state index is 0.175. The molecule has 29 heavy (non-hydrogen) atoms. The van der Waals surface area contributed by atoms with Gasteiger partial charge in [-0.05, 0) is 38.2 Å². The number of amides is 1. The van der Waals surface area contributed by atoms with E-state index in [0.29, 0.717) is 12.0 Å². The van der Waals surface area contributed by atoms with E-state index in [4.69, 9.17) is 4.74 Å². The topological polar surface area (TPSA) is 142 Å². The molecule has 1 aromatic heterocycles. The largest absolute Gasteiger partial charge is 0.462 e. The first kappa shape index (κ1) is 20.4. The molecule has 152 valence electrons. The number of thiophene rings is 1. The number of ether oxygens (including phenoxy) is 1. The molecule has 1 amide bonds. The Morgan fingerprint density at radius 1 is 1.10 bits per heavy atom. The first-order valence-corrected chi connectivity index (χ1v) is 9.70. The predicted octanol–water partition coefficient (Wildman–Crippen LogP) is 3.87. The molecule has 0 aliphatic heterocycles. The third-order valence-corrected chi connectivity index (χ3v) is 5.67. The molecule has 2 aromatic rings. The lowest BCUT2D eigenvalue weighted by Crippen LogP contribution is -2.16. The van der Waals surface area contributed by atoms with Gasteiger partial charge in [-0.3, -0.25) is 25.0 Å². The van der Waals surface area contributed by atoms with Crippen LogP contribution in [0.5, 0.6) is 0 Å². The molecule has 0 fully saturated rings. The average Bonchev–Trinajstić information content (AvgIpc) is 3.05. The Morgan fingerprint density at radius 2 is 1.72 bits per heavy atom. The number of fused-ring (bicyclic) bond motifs is 1. The number of nitrogens with one attached hydrogen (secondary N) is 1. The maximum Gasteiger partial charge on any atom is 0.341 e. The number of rotatable bonds is 6. The fraction of sp³-hybridized carbons (Fsp3) is 0.333. The van der Waals surface area contributed by atoms with E-state index < -0.39 is 33.1 Å². The molecule has 1 heterocycles. The number of nitro groups is 2. The third kappa shape index (κ3) is 4.24. The second-order valence-electron chi connectivity index (χ2n) is 6.34. The molecule has 0 spiro atoms. The van der Waals surface area contributed by atoms with Crippen molar-refractivity contribution >= 4 is 39.6 Å². The summed E-state index contributed by atoms with van der Waals surface area (Å²) in [6.45, 7) is 1.85. The van der Waals surface area contributed by atoms with Gasteiger partial charge in [0.1, 0.15) is 5.00 Å². The molecule has 0 atom stereocenters. The van der Waals surface area contributed by atoms with Crippen LogP contribution in [0.2, 0.25) is 0 Å². The van der Waals surface area contributed by atoms with E-state index in [2.05, 4.69) is 5.32 Å². The minimum Gasteiger partial charge on any atom is -0.462 e. The molecule has 3 rings (SSSR count). The minimum atomic E-state index is -0.808. The fourth-order valence-electron chi connectivity index (χ4n) is 3.19. The van der Waals surface area contributed by atoms with Gasteiger partial charge in [0.2, 0.25) is 0 Å². The van der Waals surface area contributed by atoms with Gasteiger partial charge in [0.05, 0.1) is 33.6 Å². The monoisotopic (exact) mass is 419 g/mol. The molecule has 1 N–H and O–H groups in total. The number of hydrogen-bond acceptors (Lipinski definition) is 8. The summed E-state index contributed by atoms with van der Waals surface area (Å²) < 4.78 is 5.12. The molecule has 11 heteroatoms. The van der Waals surface area contributed by atoms with Crippen LogP contribution in [0.3, 0.4) is 0 Å². The molecule has 1 aromatic carbocycles. The van der Waals surface area contributed by atoms with Gasteiger partial charge in [0.15, 0.2) is 0 Å². The number of nitro benzene ring substituents is 2. The van der Waals surface area contributed by atoms with Crippen LogP contribution in [-0.2, 0) is 17.6 Å². The van der Waals surface area contributed by atoms with Crippen molar-refractivity contribution in [2.75, 3.05) is 11.9 Å². The molecule has 0 saturated heterocycles. The molecule has 0 saturated carbocycles. The van der Waals surface area contributed by atoms with E-state index in [9.17, 15) is 29.8 Å². The van der Waals surface area contributed by atoms with E-state index in [1.165, 1.54) is 11.3 Å². The van der Waals surface area contributed by atoms with Crippen molar-refractivity contribution in [1.29, 1.82) is 0 Å². The van der Waals surface area contributed by atoms with E-state index in [1.807, 2.05) is 0 Å². The zero-order valence-corrected chi connectivity index (χ0v) is 16.2. The maximum absolute atomic E-state index is 12.7. The van der Waals surface area contributed by atoms with Crippen molar-refractivity contribution in [1.82, 2.24) is 0 Å². The molecule has 10 nitrogen and oxygen atoms in total. The number of carbonyl (C=O) groups is 2. The maximum atomic E-state index is 12.7. The van der Waals surface area contributed by atoms with Gasteiger partial charge in [-0.1, -0.05) is 0 Å². The quantitative estimate of drug-likeness (QED) is 0.425. The molecule has 1 aliphatic carbocycles. The lowest BCUT2D eigenvalue weighted by atomic mass is 9.95. The van der Waals surface area contributed by atoms with E-state index in [1.54, 1.807) is 6.92 Å². The highest BCUT2D eigenvalue weighted by atomic mass is 32.1. The number of carbonyl (C=O) groups excluding carboxylic acids is 2. The summed E-state index contributed by atoms with van der Waals surface area (Å²) in [6, 6.07) is 2.70. The number of hydrogen-bond donors (Lipinski definition) is 1. The van der Waals surface area contributed by atoms with Gasteiger partial charge in [0, 0.05) is 17.0 Å². The summed E-state index contributed by atoms with van der Waals surface area (Å²) in [5.74, 6) is -1.33. The summed E-state index contributed by atoms with van der Waals surface area (Å²) >= 11 is 1.26. The molecular formula is C18H17N3O7S. The van der Waals surface area contributed by atoms with Crippen molar-refractivity contribution in [3.8, 4) is 0 Å². The Bertz CT molecular complexity index is 983. The van der Waals surface area contributed by atoms with Crippen LogP contribution in [0.4, 0.5) is 16.4 Å². The summed E-state index contributed by atoms with van der Waals surface area (Å²) in [5, 5.41) is 25.0. The molecule has 1 aliphatic rings. The predicted molar refractivity (Wildman–Crippen MR) is 105 cm³/mol. The van der Waals surface area contributed by atoms with Gasteiger partial charge in [-0.25, -0.2) is 4.79 Å². The highest BCUT2D eigenvalue weighted by Gasteiger charge is 2.28. The number of esters is 1. The van der Waals surface area contributed by atoms with Gasteiger partial charge in [-0.15, -0.1) is 11.3 Å². The Balaban J connectivity index is 1.99. The number of aryl methyl sites for hydroxylation is 1. The van der Waals surface area contributed by atoms with Crippen LogP contribution >= 0.6 is 11.3 Å². The first-order chi connectivity index (χ1) is 13.8. The zero-order chi connectivity index (χ0) is 21.1. The molecule has 0 radical (unpaired) electrons. The van der Waals surface area contributed by atoms with Crippen molar-refractivity contribution in [2.45, 2.75) is 32.6 Å². The first-order valence-electron chi connectivity index (χ1n) is 8.88. The second kappa shape index (κ2) is 8.35. The number of anilines is 1. The van der Waals surface area contributed by atoms with Gasteiger partial charge >= 0.3 is 5.97 Å². The fourth-order valence-corrected chi connectivity index (χ4v) is 4.46. The third-order valence-electron chi connectivity index (χ3n) is 4.46. The second-order valence-corrected chi connectivity index (χ2v) is 7.45. The van der Waals surface area contributed by atoms with Crippen molar-refractivity contribution < 1.29 is 24.2 Å². The Labute approximate surface area is 168 Å². The SMILES string of the molecule is CCOC(=O)c1c(NC(=O)c2cc([N+](=O)[O-])cc([N+](=O)[O-])c2)sc2c1CCCC2. The van der Waals surface area contributed by atoms with Crippen molar-refractivity contribution in [3.05, 3.63) is 60.0 Å². The zero-order valence-electron chi connectivity index (χ0n) is 15.4. The number of benzene rings is 1. The van der Waals surface area contributed by atoms with Crippen LogP contribution in [0.15, 0.2) is 18.2 Å². The smallest absolute Gasteiger partial charge is 0.341 e. The van der Waals surface area contributed by atoms with Gasteiger partial charge in [0.25, 0.3) is 17.3 Å². The van der Waals surface area contributed by atoms with Crippen LogP contribution in [0.1, 0.15) is 50.9 Å². The number of non-ortho nitro benzene ring substituents is 2. The Hall–Kier alpha value is -3.34. The highest BCUT2D eigenvalue weighted by Crippen LogP contribution is 2.39. The van der Waals surface area contributed by atoms with Gasteiger partial charge in [-0.2, -0.15) is 0 Å².